The van der Waals surface area contributed by atoms with E-state index in [0.29, 0.717) is 0 Å². The van der Waals surface area contributed by atoms with Crippen molar-refractivity contribution in [3.8, 4) is 0 Å². The van der Waals surface area contributed by atoms with Gasteiger partial charge in [0.1, 0.15) is 0 Å². The van der Waals surface area contributed by atoms with E-state index in [-0.39, 0.29) is 6.04 Å². The number of aliphatic hydroxyl groups excluding tert-OH is 1. The smallest absolute Gasteiger partial charge is 0.167 e. The Balaban J connectivity index is 2.23. The third kappa shape index (κ3) is 1.93. The molecule has 0 bridgehead atoms. The Bertz CT molecular complexity index is 79.1. The maximum Gasteiger partial charge on any atom is 0.167 e. The van der Waals surface area contributed by atoms with Gasteiger partial charge in [0.15, 0.2) is 6.29 Å². The molecule has 3 N–H and O–H groups in total. The Hall–Kier alpha value is -0.120. The fourth-order valence-electron chi connectivity index (χ4n) is 1.13. The van der Waals surface area contributed by atoms with Crippen molar-refractivity contribution in [1.82, 2.24) is 5.32 Å². The molecule has 9 heavy (non-hydrogen) atoms. The molecule has 0 aliphatic carbocycles. The average molecular weight is 131 g/mol. The summed E-state index contributed by atoms with van der Waals surface area (Å²) in [6.45, 7) is 0.919. The Morgan fingerprint density at radius 3 is 2.44 bits per heavy atom. The van der Waals surface area contributed by atoms with Gasteiger partial charge in [-0.25, -0.2) is 0 Å². The largest absolute Gasteiger partial charge is 0.367 e. The van der Waals surface area contributed by atoms with Crippen LogP contribution in [0.3, 0.4) is 0 Å². The highest BCUT2D eigenvalue weighted by Gasteiger charge is 2.17. The van der Waals surface area contributed by atoms with E-state index in [1.807, 2.05) is 0 Å². The fourth-order valence-corrected chi connectivity index (χ4v) is 1.13. The normalized spacial score (nSPS) is 29.0. The molecule has 0 radical (unpaired) electrons. The number of rotatable bonds is 1. The summed E-state index contributed by atoms with van der Waals surface area (Å²) in [5, 5.41) is 20.4. The second-order valence-electron chi connectivity index (χ2n) is 2.47. The standard InChI is InChI=1S/C6H13NO2/c8-6(9)5-3-1-2-4-7-5/h5-9H,1-4H2. The van der Waals surface area contributed by atoms with Crippen LogP contribution in [0.4, 0.5) is 0 Å². The molecule has 54 valence electrons. The van der Waals surface area contributed by atoms with Gasteiger partial charge in [0.05, 0.1) is 6.04 Å². The van der Waals surface area contributed by atoms with Crippen molar-refractivity contribution in [2.75, 3.05) is 6.54 Å². The van der Waals surface area contributed by atoms with E-state index < -0.39 is 6.29 Å². The van der Waals surface area contributed by atoms with Crippen LogP contribution >= 0.6 is 0 Å². The summed E-state index contributed by atoms with van der Waals surface area (Å²) in [5.74, 6) is 0. The van der Waals surface area contributed by atoms with Gasteiger partial charge in [0.25, 0.3) is 0 Å². The first kappa shape index (κ1) is 6.99. The molecule has 0 aromatic heterocycles. The predicted molar refractivity (Wildman–Crippen MR) is 33.9 cm³/mol. The predicted octanol–water partition coefficient (Wildman–Crippen LogP) is -0.561. The lowest BCUT2D eigenvalue weighted by Crippen LogP contribution is -2.42. The molecule has 1 rings (SSSR count). The first-order valence-electron chi connectivity index (χ1n) is 3.40. The van der Waals surface area contributed by atoms with E-state index in [9.17, 15) is 0 Å². The van der Waals surface area contributed by atoms with Crippen LogP contribution in [0.15, 0.2) is 0 Å². The zero-order valence-electron chi connectivity index (χ0n) is 5.38. The van der Waals surface area contributed by atoms with E-state index in [1.54, 1.807) is 0 Å². The van der Waals surface area contributed by atoms with Gasteiger partial charge in [-0.2, -0.15) is 0 Å². The molecule has 1 heterocycles. The van der Waals surface area contributed by atoms with Gasteiger partial charge in [-0.3, -0.25) is 0 Å². The van der Waals surface area contributed by atoms with Crippen molar-refractivity contribution >= 4 is 0 Å². The molecular weight excluding hydrogens is 118 g/mol. The molecule has 1 unspecified atom stereocenters. The number of aliphatic hydroxyl groups is 2. The van der Waals surface area contributed by atoms with Crippen LogP contribution in [-0.4, -0.2) is 29.1 Å². The van der Waals surface area contributed by atoms with Crippen LogP contribution in [0.2, 0.25) is 0 Å². The molecule has 0 aromatic carbocycles. The van der Waals surface area contributed by atoms with Crippen LogP contribution in [0.1, 0.15) is 19.3 Å². The van der Waals surface area contributed by atoms with E-state index in [0.717, 1.165) is 25.8 Å². The lowest BCUT2D eigenvalue weighted by atomic mass is 10.1. The molecule has 0 amide bonds. The summed E-state index contributed by atoms with van der Waals surface area (Å²) in [6, 6.07) is -0.0845. The van der Waals surface area contributed by atoms with Gasteiger partial charge in [-0.1, -0.05) is 6.42 Å². The molecule has 0 spiro atoms. The number of hydrogen-bond acceptors (Lipinski definition) is 3. The summed E-state index contributed by atoms with van der Waals surface area (Å²) < 4.78 is 0. The minimum atomic E-state index is -1.18. The highest BCUT2D eigenvalue weighted by atomic mass is 16.5. The Kier molecular flexibility index (Phi) is 2.45. The molecule has 1 fully saturated rings. The molecule has 1 saturated heterocycles. The summed E-state index contributed by atoms with van der Waals surface area (Å²) >= 11 is 0. The van der Waals surface area contributed by atoms with E-state index in [4.69, 9.17) is 10.2 Å². The number of nitrogens with one attached hydrogen (secondary N) is 1. The molecule has 0 saturated carbocycles. The summed E-state index contributed by atoms with van der Waals surface area (Å²) in [7, 11) is 0. The van der Waals surface area contributed by atoms with Gasteiger partial charge in [0.2, 0.25) is 0 Å². The third-order valence-corrected chi connectivity index (χ3v) is 1.71. The third-order valence-electron chi connectivity index (χ3n) is 1.71. The summed E-state index contributed by atoms with van der Waals surface area (Å²) in [5.41, 5.74) is 0. The quantitative estimate of drug-likeness (QED) is 0.418. The lowest BCUT2D eigenvalue weighted by Gasteiger charge is -2.24. The Labute approximate surface area is 54.7 Å². The first-order chi connectivity index (χ1) is 4.30. The van der Waals surface area contributed by atoms with Gasteiger partial charge in [0, 0.05) is 0 Å². The second-order valence-corrected chi connectivity index (χ2v) is 2.47. The number of piperidine rings is 1. The van der Waals surface area contributed by atoms with Crippen molar-refractivity contribution in [3.05, 3.63) is 0 Å². The van der Waals surface area contributed by atoms with Crippen molar-refractivity contribution in [1.29, 1.82) is 0 Å². The zero-order chi connectivity index (χ0) is 6.69. The molecule has 1 aliphatic rings. The summed E-state index contributed by atoms with van der Waals surface area (Å²) in [6.07, 6.45) is 1.97. The SMILES string of the molecule is OC(O)C1CCCCN1. The van der Waals surface area contributed by atoms with E-state index >= 15 is 0 Å². The van der Waals surface area contributed by atoms with Crippen molar-refractivity contribution < 1.29 is 10.2 Å². The van der Waals surface area contributed by atoms with Crippen LogP contribution < -0.4 is 5.32 Å². The molecular formula is C6H13NO2. The second kappa shape index (κ2) is 3.15. The fraction of sp³-hybridized carbons (Fsp3) is 1.00. The highest BCUT2D eigenvalue weighted by Crippen LogP contribution is 2.08. The molecule has 0 aromatic rings. The Morgan fingerprint density at radius 2 is 2.11 bits per heavy atom. The molecule has 1 atom stereocenters. The van der Waals surface area contributed by atoms with Crippen LogP contribution in [0.25, 0.3) is 0 Å². The number of hydrogen-bond donors (Lipinski definition) is 3. The summed E-state index contributed by atoms with van der Waals surface area (Å²) in [4.78, 5) is 0. The minimum absolute atomic E-state index is 0.0845. The van der Waals surface area contributed by atoms with Crippen molar-refractivity contribution in [2.24, 2.45) is 0 Å². The van der Waals surface area contributed by atoms with Crippen LogP contribution in [0, 0.1) is 0 Å². The minimum Gasteiger partial charge on any atom is -0.367 e. The van der Waals surface area contributed by atoms with Gasteiger partial charge < -0.3 is 15.5 Å². The lowest BCUT2D eigenvalue weighted by molar-refractivity contribution is -0.0721. The first-order valence-corrected chi connectivity index (χ1v) is 3.40. The average Bonchev–Trinajstić information content (AvgIpc) is 1.90. The van der Waals surface area contributed by atoms with Gasteiger partial charge >= 0.3 is 0 Å². The van der Waals surface area contributed by atoms with Gasteiger partial charge in [-0.05, 0) is 19.4 Å². The Morgan fingerprint density at radius 1 is 1.33 bits per heavy atom. The monoisotopic (exact) mass is 131 g/mol. The highest BCUT2D eigenvalue weighted by molar-refractivity contribution is 4.72. The van der Waals surface area contributed by atoms with Crippen LogP contribution in [0.5, 0.6) is 0 Å². The molecule has 3 heteroatoms. The van der Waals surface area contributed by atoms with Crippen molar-refractivity contribution in [2.45, 2.75) is 31.6 Å². The van der Waals surface area contributed by atoms with Gasteiger partial charge in [-0.15, -0.1) is 0 Å². The maximum atomic E-state index is 8.67. The van der Waals surface area contributed by atoms with E-state index in [1.165, 1.54) is 0 Å². The van der Waals surface area contributed by atoms with Crippen LogP contribution in [-0.2, 0) is 0 Å². The molecule has 1 aliphatic heterocycles. The van der Waals surface area contributed by atoms with E-state index in [2.05, 4.69) is 5.32 Å². The topological polar surface area (TPSA) is 52.5 Å². The molecule has 3 nitrogen and oxygen atoms in total. The maximum absolute atomic E-state index is 8.67. The zero-order valence-corrected chi connectivity index (χ0v) is 5.38. The van der Waals surface area contributed by atoms with Crippen molar-refractivity contribution in [3.63, 3.8) is 0 Å².